The number of benzene rings is 1. The lowest BCUT2D eigenvalue weighted by molar-refractivity contribution is 0.198. The molecule has 1 aromatic rings. The first-order valence-corrected chi connectivity index (χ1v) is 8.43. The average molecular weight is 298 g/mol. The highest BCUT2D eigenvalue weighted by atomic mass is 35.5. The van der Waals surface area contributed by atoms with Crippen LogP contribution in [0.5, 0.6) is 0 Å². The summed E-state index contributed by atoms with van der Waals surface area (Å²) in [6.07, 6.45) is 4.71. The molecule has 3 unspecified atom stereocenters. The van der Waals surface area contributed by atoms with Crippen LogP contribution in [0.15, 0.2) is 23.1 Å². The Morgan fingerprint density at radius 1 is 1.32 bits per heavy atom. The minimum absolute atomic E-state index is 0.307. The lowest BCUT2D eigenvalue weighted by atomic mass is 9.99. The zero-order chi connectivity index (χ0) is 13.2. The van der Waals surface area contributed by atoms with E-state index in [1.54, 1.807) is 0 Å². The normalized spacial score (nSPS) is 30.3. The van der Waals surface area contributed by atoms with Crippen LogP contribution in [0.25, 0.3) is 0 Å². The van der Waals surface area contributed by atoms with E-state index >= 15 is 0 Å². The molecule has 1 aliphatic carbocycles. The van der Waals surface area contributed by atoms with Gasteiger partial charge in [0.2, 0.25) is 0 Å². The first kappa shape index (κ1) is 13.7. The number of fused-ring (bicyclic) bond motifs is 1. The molecule has 4 heteroatoms. The summed E-state index contributed by atoms with van der Waals surface area (Å²) in [6.45, 7) is 0.307. The molecule has 1 fully saturated rings. The Hall–Kier alpha value is -0.220. The summed E-state index contributed by atoms with van der Waals surface area (Å²) in [5.41, 5.74) is 1.34. The van der Waals surface area contributed by atoms with Gasteiger partial charge in [0.15, 0.2) is 0 Å². The van der Waals surface area contributed by atoms with Crippen LogP contribution in [-0.2, 0) is 0 Å². The smallest absolute Gasteiger partial charge is 0.0474 e. The predicted octanol–water partition coefficient (Wildman–Crippen LogP) is 3.63. The van der Waals surface area contributed by atoms with Gasteiger partial charge in [0, 0.05) is 28.6 Å². The van der Waals surface area contributed by atoms with Gasteiger partial charge in [0.25, 0.3) is 0 Å². The molecule has 3 rings (SSSR count). The van der Waals surface area contributed by atoms with Crippen LogP contribution in [0.2, 0.25) is 5.02 Å². The Labute approximate surface area is 123 Å². The zero-order valence-corrected chi connectivity index (χ0v) is 12.5. The molecule has 104 valence electrons. The van der Waals surface area contributed by atoms with Crippen LogP contribution in [0.1, 0.15) is 37.3 Å². The van der Waals surface area contributed by atoms with Gasteiger partial charge in [-0.3, -0.25) is 0 Å². The van der Waals surface area contributed by atoms with E-state index < -0.39 is 0 Å². The van der Waals surface area contributed by atoms with Crippen molar-refractivity contribution in [2.45, 2.75) is 42.7 Å². The summed E-state index contributed by atoms with van der Waals surface area (Å²) in [6, 6.07) is 7.07. The van der Waals surface area contributed by atoms with E-state index in [2.05, 4.69) is 17.4 Å². The molecule has 0 saturated heterocycles. The van der Waals surface area contributed by atoms with Crippen molar-refractivity contribution in [3.63, 3.8) is 0 Å². The Bertz CT molecular complexity index is 454. The minimum atomic E-state index is 0.307. The highest BCUT2D eigenvalue weighted by Crippen LogP contribution is 2.39. The van der Waals surface area contributed by atoms with Gasteiger partial charge in [0.05, 0.1) is 0 Å². The van der Waals surface area contributed by atoms with Crippen molar-refractivity contribution >= 4 is 23.4 Å². The van der Waals surface area contributed by atoms with Gasteiger partial charge in [-0.05, 0) is 54.7 Å². The number of hydrogen-bond donors (Lipinski definition) is 2. The topological polar surface area (TPSA) is 32.3 Å². The predicted molar refractivity (Wildman–Crippen MR) is 80.9 cm³/mol. The Morgan fingerprint density at radius 2 is 2.21 bits per heavy atom. The van der Waals surface area contributed by atoms with E-state index in [1.807, 2.05) is 17.8 Å². The van der Waals surface area contributed by atoms with Gasteiger partial charge in [-0.25, -0.2) is 0 Å². The average Bonchev–Trinajstić information content (AvgIpc) is 2.87. The second-order valence-corrected chi connectivity index (χ2v) is 7.09. The summed E-state index contributed by atoms with van der Waals surface area (Å²) in [7, 11) is 0. The van der Waals surface area contributed by atoms with Gasteiger partial charge < -0.3 is 10.4 Å². The number of hydrogen-bond acceptors (Lipinski definition) is 3. The van der Waals surface area contributed by atoms with Gasteiger partial charge in [-0.15, -0.1) is 11.8 Å². The third kappa shape index (κ3) is 2.94. The molecule has 0 aromatic heterocycles. The molecule has 0 spiro atoms. The van der Waals surface area contributed by atoms with Gasteiger partial charge >= 0.3 is 0 Å². The first-order valence-electron chi connectivity index (χ1n) is 7.07. The van der Waals surface area contributed by atoms with Crippen molar-refractivity contribution in [3.05, 3.63) is 28.8 Å². The molecule has 1 aliphatic heterocycles. The molecule has 1 heterocycles. The summed E-state index contributed by atoms with van der Waals surface area (Å²) in [4.78, 5) is 1.35. The number of aliphatic hydroxyl groups excluding tert-OH is 1. The maximum Gasteiger partial charge on any atom is 0.0474 e. The third-order valence-corrected chi connectivity index (χ3v) is 5.68. The third-order valence-electron chi connectivity index (χ3n) is 4.32. The van der Waals surface area contributed by atoms with Crippen molar-refractivity contribution in [2.75, 3.05) is 12.4 Å². The number of thioether (sulfide) groups is 1. The van der Waals surface area contributed by atoms with Crippen LogP contribution < -0.4 is 5.32 Å². The van der Waals surface area contributed by atoms with Crippen LogP contribution in [0.3, 0.4) is 0 Å². The molecular formula is C15H20ClNOS. The van der Waals surface area contributed by atoms with Gasteiger partial charge in [-0.2, -0.15) is 0 Å². The second kappa shape index (κ2) is 6.04. The van der Waals surface area contributed by atoms with E-state index in [9.17, 15) is 5.11 Å². The lowest BCUT2D eigenvalue weighted by Gasteiger charge is -2.31. The summed E-state index contributed by atoms with van der Waals surface area (Å²) < 4.78 is 0. The molecule has 2 aliphatic rings. The number of nitrogens with one attached hydrogen (secondary N) is 1. The first-order chi connectivity index (χ1) is 9.28. The van der Waals surface area contributed by atoms with Crippen LogP contribution in [0.4, 0.5) is 0 Å². The summed E-state index contributed by atoms with van der Waals surface area (Å²) in [5.74, 6) is 1.58. The number of aliphatic hydroxyl groups is 1. The maximum atomic E-state index is 9.44. The largest absolute Gasteiger partial charge is 0.396 e. The SMILES string of the molecule is OCC1CCCC1NC1CCSc2ccc(Cl)cc21. The van der Waals surface area contributed by atoms with E-state index in [4.69, 9.17) is 11.6 Å². The Balaban J connectivity index is 1.78. The van der Waals surface area contributed by atoms with Crippen molar-refractivity contribution in [3.8, 4) is 0 Å². The molecule has 0 amide bonds. The van der Waals surface area contributed by atoms with Gasteiger partial charge in [-0.1, -0.05) is 18.0 Å². The van der Waals surface area contributed by atoms with Crippen molar-refractivity contribution in [1.29, 1.82) is 0 Å². The number of halogens is 1. The fraction of sp³-hybridized carbons (Fsp3) is 0.600. The molecule has 0 bridgehead atoms. The highest BCUT2D eigenvalue weighted by Gasteiger charge is 2.30. The van der Waals surface area contributed by atoms with E-state index in [0.717, 1.165) is 23.6 Å². The fourth-order valence-corrected chi connectivity index (χ4v) is 4.56. The molecule has 19 heavy (non-hydrogen) atoms. The van der Waals surface area contributed by atoms with Crippen molar-refractivity contribution < 1.29 is 5.11 Å². The molecule has 2 nitrogen and oxygen atoms in total. The van der Waals surface area contributed by atoms with E-state index in [1.165, 1.54) is 23.3 Å². The Morgan fingerprint density at radius 3 is 3.05 bits per heavy atom. The fourth-order valence-electron chi connectivity index (χ4n) is 3.27. The molecule has 1 saturated carbocycles. The van der Waals surface area contributed by atoms with Crippen molar-refractivity contribution in [2.24, 2.45) is 5.92 Å². The molecule has 3 atom stereocenters. The van der Waals surface area contributed by atoms with Crippen LogP contribution >= 0.6 is 23.4 Å². The second-order valence-electron chi connectivity index (χ2n) is 5.52. The molecule has 0 radical (unpaired) electrons. The Kier molecular flexibility index (Phi) is 4.37. The monoisotopic (exact) mass is 297 g/mol. The van der Waals surface area contributed by atoms with Gasteiger partial charge in [0.1, 0.15) is 0 Å². The maximum absolute atomic E-state index is 9.44. The summed E-state index contributed by atoms with van der Waals surface area (Å²) >= 11 is 8.06. The van der Waals surface area contributed by atoms with Crippen molar-refractivity contribution in [1.82, 2.24) is 5.32 Å². The van der Waals surface area contributed by atoms with Crippen LogP contribution in [0, 0.1) is 5.92 Å². The van der Waals surface area contributed by atoms with Crippen LogP contribution in [-0.4, -0.2) is 23.5 Å². The quantitative estimate of drug-likeness (QED) is 0.893. The molecule has 1 aromatic carbocycles. The minimum Gasteiger partial charge on any atom is -0.396 e. The molecular weight excluding hydrogens is 278 g/mol. The van der Waals surface area contributed by atoms with E-state index in [0.29, 0.717) is 24.6 Å². The number of rotatable bonds is 3. The zero-order valence-electron chi connectivity index (χ0n) is 10.9. The lowest BCUT2D eigenvalue weighted by Crippen LogP contribution is -2.38. The highest BCUT2D eigenvalue weighted by molar-refractivity contribution is 7.99. The standard InChI is InChI=1S/C15H20ClNOS/c16-11-4-5-15-12(8-11)14(6-7-19-15)17-13-3-1-2-10(13)9-18/h4-5,8,10,13-14,17-18H,1-3,6-7,9H2. The van der Waals surface area contributed by atoms with E-state index in [-0.39, 0.29) is 0 Å². The summed E-state index contributed by atoms with van der Waals surface area (Å²) in [5, 5.41) is 14.0. The molecule has 2 N–H and O–H groups in total.